The van der Waals surface area contributed by atoms with Crippen molar-refractivity contribution in [3.05, 3.63) is 75.5 Å². The number of benzene rings is 2. The fourth-order valence-electron chi connectivity index (χ4n) is 5.20. The first-order valence-corrected chi connectivity index (χ1v) is 13.9. The summed E-state index contributed by atoms with van der Waals surface area (Å²) in [6.07, 6.45) is 4.40. The minimum atomic E-state index is -1.14. The normalized spacial score (nSPS) is 17.3. The van der Waals surface area contributed by atoms with Gasteiger partial charge in [-0.15, -0.1) is 0 Å². The highest BCUT2D eigenvalue weighted by atomic mass is 19.1. The summed E-state index contributed by atoms with van der Waals surface area (Å²) in [7, 11) is 1.66. The van der Waals surface area contributed by atoms with Crippen molar-refractivity contribution in [1.82, 2.24) is 9.88 Å². The summed E-state index contributed by atoms with van der Waals surface area (Å²) in [4.78, 5) is 24.6. The number of carbonyl (C=O) groups excluding carboxylic acids is 1. The molecule has 3 N–H and O–H groups in total. The Kier molecular flexibility index (Phi) is 9.19. The minimum absolute atomic E-state index is 0.0164. The lowest BCUT2D eigenvalue weighted by Gasteiger charge is -2.30. The van der Waals surface area contributed by atoms with Gasteiger partial charge in [0.05, 0.1) is 18.3 Å². The van der Waals surface area contributed by atoms with Gasteiger partial charge >= 0.3 is 0 Å². The first-order chi connectivity index (χ1) is 19.3. The van der Waals surface area contributed by atoms with Crippen molar-refractivity contribution in [2.45, 2.75) is 77.5 Å². The number of nitrogens with zero attached hydrogens (tertiary/aromatic N) is 1. The topological polar surface area (TPSA) is 110 Å². The van der Waals surface area contributed by atoms with Crippen LogP contribution in [0.1, 0.15) is 62.6 Å². The molecule has 0 spiro atoms. The van der Waals surface area contributed by atoms with Gasteiger partial charge in [0.25, 0.3) is 5.56 Å². The second-order valence-electron chi connectivity index (χ2n) is 11.4. The number of aliphatic hydroxyl groups is 2. The molecule has 1 aliphatic rings. The maximum absolute atomic E-state index is 14.0. The third kappa shape index (κ3) is 7.34. The molecule has 220 valence electrons. The summed E-state index contributed by atoms with van der Waals surface area (Å²) >= 11 is 0. The Bertz CT molecular complexity index is 1440. The Morgan fingerprint density at radius 1 is 1.05 bits per heavy atom. The van der Waals surface area contributed by atoms with Crippen LogP contribution in [0.15, 0.2) is 47.4 Å². The van der Waals surface area contributed by atoms with E-state index >= 15 is 0 Å². The molecular formula is C32H39FN2O6. The highest BCUT2D eigenvalue weighted by molar-refractivity contribution is 5.77. The molecule has 9 heteroatoms. The third-order valence-electron chi connectivity index (χ3n) is 7.48. The number of amides is 1. The van der Waals surface area contributed by atoms with Gasteiger partial charge in [-0.1, -0.05) is 6.07 Å². The van der Waals surface area contributed by atoms with Crippen molar-refractivity contribution in [1.29, 1.82) is 0 Å². The van der Waals surface area contributed by atoms with Gasteiger partial charge < -0.3 is 29.6 Å². The Balaban J connectivity index is 1.71. The fraction of sp³-hybridized carbons (Fsp3) is 0.438. The van der Waals surface area contributed by atoms with Crippen molar-refractivity contribution in [2.75, 3.05) is 6.61 Å². The number of hydrogen-bond donors (Lipinski definition) is 3. The predicted octanol–water partition coefficient (Wildman–Crippen LogP) is 5.02. The summed E-state index contributed by atoms with van der Waals surface area (Å²) in [5.74, 6) is 0.872. The molecule has 1 amide bonds. The second-order valence-corrected chi connectivity index (χ2v) is 11.4. The van der Waals surface area contributed by atoms with E-state index in [1.165, 1.54) is 22.8 Å². The average molecular weight is 567 g/mol. The van der Waals surface area contributed by atoms with Crippen LogP contribution in [0.4, 0.5) is 4.39 Å². The van der Waals surface area contributed by atoms with E-state index in [1.807, 2.05) is 6.07 Å². The zero-order valence-electron chi connectivity index (χ0n) is 24.3. The molecule has 8 nitrogen and oxygen atoms in total. The van der Waals surface area contributed by atoms with Gasteiger partial charge in [0.2, 0.25) is 5.91 Å². The minimum Gasteiger partial charge on any atom is -0.490 e. The number of carbonyl (C=O) groups is 1. The molecule has 1 aromatic heterocycles. The lowest BCUT2D eigenvalue weighted by molar-refractivity contribution is -0.122. The van der Waals surface area contributed by atoms with Crippen LogP contribution in [0.2, 0.25) is 0 Å². The largest absolute Gasteiger partial charge is 0.490 e. The van der Waals surface area contributed by atoms with Gasteiger partial charge in [-0.2, -0.15) is 0 Å². The van der Waals surface area contributed by atoms with Crippen molar-refractivity contribution in [3.63, 3.8) is 0 Å². The van der Waals surface area contributed by atoms with Gasteiger partial charge in [-0.05, 0) is 94.3 Å². The van der Waals surface area contributed by atoms with Gasteiger partial charge in [-0.3, -0.25) is 9.59 Å². The van der Waals surface area contributed by atoms with E-state index < -0.39 is 5.60 Å². The van der Waals surface area contributed by atoms with E-state index in [4.69, 9.17) is 14.6 Å². The standard InChI is InChI=1S/C32H39FN2O6/c1-19-14-22(33)15-20(2)31(19)41-27-11-6-21(32(3,4)39)16-25(27)26-18-35(5)30(38)17-28(26)40-24-9-7-23(8-10-24)34-29(37)12-13-36/h6,11,14-18,23-24,36,39H,7-10,12-13H2,1-5H3,(H,34,37)/t23-,24-. The molecule has 2 aromatic carbocycles. The van der Waals surface area contributed by atoms with Crippen molar-refractivity contribution in [3.8, 4) is 28.4 Å². The zero-order chi connectivity index (χ0) is 29.9. The predicted molar refractivity (Wildman–Crippen MR) is 155 cm³/mol. The van der Waals surface area contributed by atoms with Crippen LogP contribution in [-0.2, 0) is 17.4 Å². The average Bonchev–Trinajstić information content (AvgIpc) is 2.89. The number of aromatic nitrogens is 1. The molecule has 4 rings (SSSR count). The zero-order valence-corrected chi connectivity index (χ0v) is 24.3. The lowest BCUT2D eigenvalue weighted by Crippen LogP contribution is -2.40. The van der Waals surface area contributed by atoms with Crippen LogP contribution in [0.5, 0.6) is 17.2 Å². The van der Waals surface area contributed by atoms with Crippen LogP contribution < -0.4 is 20.3 Å². The summed E-state index contributed by atoms with van der Waals surface area (Å²) in [5.41, 5.74) is 1.77. The van der Waals surface area contributed by atoms with Gasteiger partial charge in [-0.25, -0.2) is 4.39 Å². The van der Waals surface area contributed by atoms with Gasteiger partial charge in [0.15, 0.2) is 0 Å². The maximum atomic E-state index is 14.0. The highest BCUT2D eigenvalue weighted by Gasteiger charge is 2.26. The number of aryl methyl sites for hydroxylation is 3. The molecular weight excluding hydrogens is 527 g/mol. The maximum Gasteiger partial charge on any atom is 0.254 e. The van der Waals surface area contributed by atoms with Crippen molar-refractivity contribution in [2.24, 2.45) is 7.05 Å². The number of aliphatic hydroxyl groups excluding tert-OH is 1. The van der Waals surface area contributed by atoms with Crippen LogP contribution >= 0.6 is 0 Å². The molecule has 1 saturated carbocycles. The first-order valence-electron chi connectivity index (χ1n) is 13.9. The number of ether oxygens (including phenoxy) is 2. The van der Waals surface area contributed by atoms with E-state index in [0.717, 1.165) is 0 Å². The number of hydrogen-bond acceptors (Lipinski definition) is 6. The highest BCUT2D eigenvalue weighted by Crippen LogP contribution is 2.42. The molecule has 0 aliphatic heterocycles. The van der Waals surface area contributed by atoms with Crippen molar-refractivity contribution >= 4 is 5.91 Å². The Morgan fingerprint density at radius 3 is 2.32 bits per heavy atom. The van der Waals surface area contributed by atoms with Crippen LogP contribution in [-0.4, -0.2) is 39.4 Å². The molecule has 0 unspecified atom stereocenters. The Labute approximate surface area is 239 Å². The monoisotopic (exact) mass is 566 g/mol. The molecule has 1 aliphatic carbocycles. The van der Waals surface area contributed by atoms with Crippen molar-refractivity contribution < 1.29 is 28.9 Å². The number of pyridine rings is 1. The molecule has 41 heavy (non-hydrogen) atoms. The first kappa shape index (κ1) is 30.3. The summed E-state index contributed by atoms with van der Waals surface area (Å²) in [6, 6.07) is 9.67. The van der Waals surface area contributed by atoms with E-state index in [-0.39, 0.29) is 42.5 Å². The second kappa shape index (κ2) is 12.4. The Hall–Kier alpha value is -3.69. The summed E-state index contributed by atoms with van der Waals surface area (Å²) < 4.78 is 28.3. The lowest BCUT2D eigenvalue weighted by atomic mass is 9.92. The SMILES string of the molecule is Cc1cc(F)cc(C)c1Oc1ccc(C(C)(C)O)cc1-c1cn(C)c(=O)cc1O[C@H]1CC[C@H](NC(=O)CCO)CC1. The summed E-state index contributed by atoms with van der Waals surface area (Å²) in [6.45, 7) is 6.75. The van der Waals surface area contributed by atoms with Crippen LogP contribution in [0, 0.1) is 19.7 Å². The van der Waals surface area contributed by atoms with E-state index in [1.54, 1.807) is 53.1 Å². The summed E-state index contributed by atoms with van der Waals surface area (Å²) in [5, 5.41) is 22.7. The van der Waals surface area contributed by atoms with E-state index in [0.29, 0.717) is 70.7 Å². The number of rotatable bonds is 9. The molecule has 1 heterocycles. The molecule has 0 radical (unpaired) electrons. The third-order valence-corrected chi connectivity index (χ3v) is 7.48. The van der Waals surface area contributed by atoms with Gasteiger partial charge in [0, 0.05) is 42.9 Å². The quantitative estimate of drug-likeness (QED) is 0.336. The van der Waals surface area contributed by atoms with E-state index in [9.17, 15) is 19.1 Å². The molecule has 0 saturated heterocycles. The van der Waals surface area contributed by atoms with Gasteiger partial charge in [0.1, 0.15) is 23.1 Å². The number of halogens is 1. The fourth-order valence-corrected chi connectivity index (χ4v) is 5.20. The molecule has 1 fully saturated rings. The van der Waals surface area contributed by atoms with Crippen LogP contribution in [0.3, 0.4) is 0 Å². The molecule has 3 aromatic rings. The van der Waals surface area contributed by atoms with E-state index in [2.05, 4.69) is 5.32 Å². The Morgan fingerprint density at radius 2 is 1.71 bits per heavy atom. The molecule has 0 bridgehead atoms. The van der Waals surface area contributed by atoms with Crippen LogP contribution in [0.25, 0.3) is 11.1 Å². The molecule has 0 atom stereocenters. The number of nitrogens with one attached hydrogen (secondary N) is 1. The smallest absolute Gasteiger partial charge is 0.254 e.